The van der Waals surface area contributed by atoms with E-state index in [-0.39, 0.29) is 5.82 Å². The molecular weight excluding hydrogens is 409 g/mol. The molecule has 3 nitrogen and oxygen atoms in total. The van der Waals surface area contributed by atoms with Crippen LogP contribution in [0, 0.1) is 5.82 Å². The Bertz CT molecular complexity index is 1600. The lowest BCUT2D eigenvalue weighted by Gasteiger charge is -2.08. The zero-order valence-electron chi connectivity index (χ0n) is 17.6. The number of benzene rings is 3. The van der Waals surface area contributed by atoms with Crippen LogP contribution in [-0.2, 0) is 0 Å². The van der Waals surface area contributed by atoms with Crippen molar-refractivity contribution in [2.75, 3.05) is 0 Å². The third kappa shape index (κ3) is 3.62. The minimum atomic E-state index is -0.237. The Morgan fingerprint density at radius 3 is 2.18 bits per heavy atom. The topological polar surface area (TPSA) is 38.7 Å². The summed E-state index contributed by atoms with van der Waals surface area (Å²) in [5.41, 5.74) is 7.74. The van der Waals surface area contributed by atoms with Gasteiger partial charge in [-0.05, 0) is 47.5 Å². The molecule has 0 unspecified atom stereocenters. The fourth-order valence-corrected chi connectivity index (χ4v) is 4.14. The first-order valence-corrected chi connectivity index (χ1v) is 10.7. The maximum absolute atomic E-state index is 13.2. The molecule has 3 aromatic carbocycles. The molecule has 6 aromatic rings. The first-order valence-electron chi connectivity index (χ1n) is 10.7. The Morgan fingerprint density at radius 2 is 1.33 bits per heavy atom. The minimum Gasteiger partial charge on any atom is -0.256 e. The highest BCUT2D eigenvalue weighted by Crippen LogP contribution is 2.29. The van der Waals surface area contributed by atoms with Crippen LogP contribution in [0.1, 0.15) is 0 Å². The van der Waals surface area contributed by atoms with Crippen molar-refractivity contribution in [1.29, 1.82) is 0 Å². The molecule has 0 saturated heterocycles. The van der Waals surface area contributed by atoms with E-state index in [1.54, 1.807) is 12.1 Å². The van der Waals surface area contributed by atoms with Gasteiger partial charge in [0, 0.05) is 46.1 Å². The average Bonchev–Trinajstić information content (AvgIpc) is 2.88. The van der Waals surface area contributed by atoms with E-state index in [0.717, 1.165) is 55.3 Å². The minimum absolute atomic E-state index is 0.237. The van der Waals surface area contributed by atoms with Gasteiger partial charge in [0.25, 0.3) is 0 Å². The van der Waals surface area contributed by atoms with Gasteiger partial charge in [-0.2, -0.15) is 0 Å². The number of nitrogens with zero attached hydrogens (tertiary/aromatic N) is 3. The quantitative estimate of drug-likeness (QED) is 0.297. The predicted molar refractivity (Wildman–Crippen MR) is 131 cm³/mol. The van der Waals surface area contributed by atoms with Gasteiger partial charge in [-0.1, -0.05) is 54.6 Å². The largest absolute Gasteiger partial charge is 0.256 e. The Kier molecular flexibility index (Phi) is 4.62. The lowest BCUT2D eigenvalue weighted by molar-refractivity contribution is 0.628. The molecule has 0 spiro atoms. The maximum atomic E-state index is 13.2. The molecule has 0 bridgehead atoms. The fourth-order valence-electron chi connectivity index (χ4n) is 4.14. The average molecular weight is 427 g/mol. The van der Waals surface area contributed by atoms with Gasteiger partial charge in [-0.25, -0.2) is 4.39 Å². The van der Waals surface area contributed by atoms with Gasteiger partial charge in [0.2, 0.25) is 0 Å². The van der Waals surface area contributed by atoms with Crippen LogP contribution in [-0.4, -0.2) is 15.0 Å². The monoisotopic (exact) mass is 427 g/mol. The van der Waals surface area contributed by atoms with E-state index >= 15 is 0 Å². The number of halogens is 1. The molecule has 0 aliphatic carbocycles. The highest BCUT2D eigenvalue weighted by molar-refractivity contribution is 5.93. The second-order valence-corrected chi connectivity index (χ2v) is 7.95. The van der Waals surface area contributed by atoms with Crippen molar-refractivity contribution in [3.8, 4) is 33.5 Å². The standard InChI is InChI=1S/C29H18FN3/c30-25-11-8-19(9-12-25)21-6-7-22-15-24(18-33-28(22)16-21)23-10-13-27(32-17-23)26-5-1-3-20-4-2-14-31-29(20)26/h1-18H. The van der Waals surface area contributed by atoms with Gasteiger partial charge < -0.3 is 0 Å². The number of hydrogen-bond acceptors (Lipinski definition) is 3. The van der Waals surface area contributed by atoms with Crippen LogP contribution in [0.3, 0.4) is 0 Å². The van der Waals surface area contributed by atoms with E-state index in [9.17, 15) is 4.39 Å². The van der Waals surface area contributed by atoms with E-state index in [1.165, 1.54) is 12.1 Å². The van der Waals surface area contributed by atoms with Gasteiger partial charge in [-0.15, -0.1) is 0 Å². The van der Waals surface area contributed by atoms with Crippen molar-refractivity contribution in [3.05, 3.63) is 115 Å². The van der Waals surface area contributed by atoms with Crippen molar-refractivity contribution in [2.24, 2.45) is 0 Å². The second-order valence-electron chi connectivity index (χ2n) is 7.95. The van der Waals surface area contributed by atoms with Crippen molar-refractivity contribution >= 4 is 21.8 Å². The number of aromatic nitrogens is 3. The highest BCUT2D eigenvalue weighted by Gasteiger charge is 2.08. The molecule has 0 fully saturated rings. The molecule has 0 amide bonds. The number of para-hydroxylation sites is 1. The van der Waals surface area contributed by atoms with Crippen LogP contribution in [0.4, 0.5) is 4.39 Å². The van der Waals surface area contributed by atoms with E-state index in [0.29, 0.717) is 0 Å². The molecule has 3 heterocycles. The molecule has 0 radical (unpaired) electrons. The zero-order valence-corrected chi connectivity index (χ0v) is 17.6. The molecule has 6 rings (SSSR count). The summed E-state index contributed by atoms with van der Waals surface area (Å²) in [4.78, 5) is 13.9. The van der Waals surface area contributed by atoms with Crippen molar-refractivity contribution in [1.82, 2.24) is 15.0 Å². The number of pyridine rings is 3. The van der Waals surface area contributed by atoms with Crippen LogP contribution >= 0.6 is 0 Å². The van der Waals surface area contributed by atoms with Crippen LogP contribution in [0.2, 0.25) is 0 Å². The molecule has 0 N–H and O–H groups in total. The first kappa shape index (κ1) is 19.3. The SMILES string of the molecule is Fc1ccc(-c2ccc3cc(-c4ccc(-c5cccc6cccnc56)nc4)cnc3c2)cc1. The first-order chi connectivity index (χ1) is 16.2. The van der Waals surface area contributed by atoms with E-state index in [2.05, 4.69) is 34.2 Å². The highest BCUT2D eigenvalue weighted by atomic mass is 19.1. The van der Waals surface area contributed by atoms with E-state index < -0.39 is 0 Å². The summed E-state index contributed by atoms with van der Waals surface area (Å²) >= 11 is 0. The van der Waals surface area contributed by atoms with Gasteiger partial charge >= 0.3 is 0 Å². The molecule has 33 heavy (non-hydrogen) atoms. The van der Waals surface area contributed by atoms with Gasteiger partial charge in [0.15, 0.2) is 0 Å². The molecule has 0 saturated carbocycles. The zero-order chi connectivity index (χ0) is 22.2. The normalized spacial score (nSPS) is 11.2. The van der Waals surface area contributed by atoms with Crippen LogP contribution in [0.25, 0.3) is 55.3 Å². The number of fused-ring (bicyclic) bond motifs is 2. The van der Waals surface area contributed by atoms with Crippen LogP contribution < -0.4 is 0 Å². The number of hydrogen-bond donors (Lipinski definition) is 0. The molecule has 0 aliphatic rings. The second kappa shape index (κ2) is 7.92. The predicted octanol–water partition coefficient (Wildman–Crippen LogP) is 7.32. The summed E-state index contributed by atoms with van der Waals surface area (Å²) in [5.74, 6) is -0.237. The molecule has 4 heteroatoms. The molecular formula is C29H18FN3. The summed E-state index contributed by atoms with van der Waals surface area (Å²) in [6.45, 7) is 0. The lowest BCUT2D eigenvalue weighted by atomic mass is 10.0. The molecule has 0 atom stereocenters. The van der Waals surface area contributed by atoms with Crippen molar-refractivity contribution in [2.45, 2.75) is 0 Å². The smallest absolute Gasteiger partial charge is 0.123 e. The van der Waals surface area contributed by atoms with Crippen LogP contribution in [0.15, 0.2) is 110 Å². The number of rotatable bonds is 3. The lowest BCUT2D eigenvalue weighted by Crippen LogP contribution is -1.89. The molecule has 0 aliphatic heterocycles. The van der Waals surface area contributed by atoms with Crippen LogP contribution in [0.5, 0.6) is 0 Å². The van der Waals surface area contributed by atoms with Gasteiger partial charge in [0.05, 0.1) is 16.7 Å². The van der Waals surface area contributed by atoms with E-state index in [1.807, 2.05) is 61.1 Å². The third-order valence-corrected chi connectivity index (χ3v) is 5.87. The Labute approximate surface area is 190 Å². The van der Waals surface area contributed by atoms with Crippen molar-refractivity contribution in [3.63, 3.8) is 0 Å². The van der Waals surface area contributed by atoms with E-state index in [4.69, 9.17) is 4.98 Å². The van der Waals surface area contributed by atoms with Crippen molar-refractivity contribution < 1.29 is 4.39 Å². The Hall–Kier alpha value is -4.44. The summed E-state index contributed by atoms with van der Waals surface area (Å²) in [7, 11) is 0. The fraction of sp³-hybridized carbons (Fsp3) is 0. The molecule has 156 valence electrons. The van der Waals surface area contributed by atoms with Gasteiger partial charge in [-0.3, -0.25) is 15.0 Å². The summed E-state index contributed by atoms with van der Waals surface area (Å²) in [5, 5.41) is 2.14. The third-order valence-electron chi connectivity index (χ3n) is 5.87. The summed E-state index contributed by atoms with van der Waals surface area (Å²) in [6, 6.07) is 29.0. The van der Waals surface area contributed by atoms with Gasteiger partial charge in [0.1, 0.15) is 5.82 Å². The Balaban J connectivity index is 1.33. The summed E-state index contributed by atoms with van der Waals surface area (Å²) in [6.07, 6.45) is 5.56. The molecule has 3 aromatic heterocycles. The Morgan fingerprint density at radius 1 is 0.545 bits per heavy atom. The maximum Gasteiger partial charge on any atom is 0.123 e. The summed E-state index contributed by atoms with van der Waals surface area (Å²) < 4.78 is 13.2.